The van der Waals surface area contributed by atoms with Crippen LogP contribution in [0, 0.1) is 22.7 Å². The highest BCUT2D eigenvalue weighted by Gasteiger charge is 2.78. The lowest BCUT2D eigenvalue weighted by atomic mass is 9.81. The topological polar surface area (TPSA) is 72.8 Å². The second-order valence-corrected chi connectivity index (χ2v) is 12.5. The zero-order chi connectivity index (χ0) is 30.2. The minimum absolute atomic E-state index is 0.00870. The summed E-state index contributed by atoms with van der Waals surface area (Å²) in [6.07, 6.45) is -5.15. The van der Waals surface area contributed by atoms with Gasteiger partial charge < -0.3 is 14.6 Å². The minimum atomic E-state index is -6.06. The number of hydrogen-bond donors (Lipinski definition) is 1. The van der Waals surface area contributed by atoms with Crippen LogP contribution in [0.15, 0.2) is 0 Å². The first-order valence-corrected chi connectivity index (χ1v) is 13.2. The molecule has 0 aliphatic heterocycles. The highest BCUT2D eigenvalue weighted by Crippen LogP contribution is 2.55. The zero-order valence-corrected chi connectivity index (χ0v) is 24.0. The Morgan fingerprint density at radius 3 is 1.58 bits per heavy atom. The van der Waals surface area contributed by atoms with Gasteiger partial charge in [-0.15, -0.1) is 0 Å². The van der Waals surface area contributed by atoms with E-state index in [4.69, 9.17) is 4.74 Å². The van der Waals surface area contributed by atoms with Crippen molar-refractivity contribution in [3.63, 3.8) is 0 Å². The molecule has 2 bridgehead atoms. The third-order valence-electron chi connectivity index (χ3n) is 8.73. The summed E-state index contributed by atoms with van der Waals surface area (Å²) in [5, 5.41) is 9.27. The van der Waals surface area contributed by atoms with Crippen molar-refractivity contribution in [3.05, 3.63) is 0 Å². The van der Waals surface area contributed by atoms with E-state index in [9.17, 15) is 41.0 Å². The number of carbonyl (C=O) groups excluding carboxylic acids is 2. The molecule has 11 heteroatoms. The Morgan fingerprint density at radius 1 is 0.816 bits per heavy atom. The van der Waals surface area contributed by atoms with Gasteiger partial charge in [0, 0.05) is 0 Å². The molecular weight excluding hydrogens is 518 g/mol. The largest absolute Gasteiger partial charge is 0.458 e. The number of ether oxygens (including phenoxy) is 2. The van der Waals surface area contributed by atoms with Gasteiger partial charge in [0.25, 0.3) is 5.60 Å². The van der Waals surface area contributed by atoms with E-state index in [-0.39, 0.29) is 23.4 Å². The fraction of sp³-hybridized carbons (Fsp3) is 0.926. The molecule has 0 aromatic heterocycles. The number of aliphatic hydroxyl groups is 1. The summed E-state index contributed by atoms with van der Waals surface area (Å²) in [6, 6.07) is 0. The molecule has 0 amide bonds. The monoisotopic (exact) mass is 562 g/mol. The van der Waals surface area contributed by atoms with Crippen LogP contribution in [0.2, 0.25) is 0 Å². The Labute approximate surface area is 222 Å². The van der Waals surface area contributed by atoms with Crippen LogP contribution in [-0.2, 0) is 19.1 Å². The lowest BCUT2D eigenvalue weighted by Gasteiger charge is -2.44. The Hall–Kier alpha value is -1.52. The highest BCUT2D eigenvalue weighted by atomic mass is 19.4. The van der Waals surface area contributed by atoms with Gasteiger partial charge in [-0.05, 0) is 98.3 Å². The molecular formula is C27H44F6O5. The standard InChI is InChI=1S/C15H26O2.C12H18F6O3/c1-5-14(3,4)13(16)17-15(6-2)10-11-7-8-12(15)9-11;1-6-8(2,3)7(19)21-9(4,5)10(20,11(13,14)15)12(16,17)18/h11-12H,5-10H2,1-4H3;20H,6H2,1-5H3. The first kappa shape index (κ1) is 34.5. The van der Waals surface area contributed by atoms with Crippen molar-refractivity contribution in [2.45, 2.75) is 136 Å². The van der Waals surface area contributed by atoms with Crippen LogP contribution in [-0.4, -0.2) is 46.2 Å². The lowest BCUT2D eigenvalue weighted by Crippen LogP contribution is -2.70. The molecule has 0 saturated heterocycles. The van der Waals surface area contributed by atoms with Crippen LogP contribution in [0.1, 0.15) is 107 Å². The molecule has 38 heavy (non-hydrogen) atoms. The van der Waals surface area contributed by atoms with Crippen LogP contribution in [0.5, 0.6) is 0 Å². The van der Waals surface area contributed by atoms with E-state index in [1.165, 1.54) is 40.0 Å². The average molecular weight is 563 g/mol. The van der Waals surface area contributed by atoms with Crippen LogP contribution in [0.4, 0.5) is 26.3 Å². The second kappa shape index (κ2) is 11.2. The average Bonchev–Trinajstić information content (AvgIpc) is 3.38. The number of fused-ring (bicyclic) bond motifs is 2. The van der Waals surface area contributed by atoms with Gasteiger partial charge in [-0.25, -0.2) is 0 Å². The molecule has 5 nitrogen and oxygen atoms in total. The van der Waals surface area contributed by atoms with E-state index in [1.807, 2.05) is 13.8 Å². The summed E-state index contributed by atoms with van der Waals surface area (Å²) in [6.45, 7) is 13.1. The maximum Gasteiger partial charge on any atom is 0.430 e. The quantitative estimate of drug-likeness (QED) is 0.245. The van der Waals surface area contributed by atoms with Gasteiger partial charge in [-0.1, -0.05) is 20.8 Å². The summed E-state index contributed by atoms with van der Waals surface area (Å²) in [4.78, 5) is 24.0. The maximum atomic E-state index is 12.8. The van der Waals surface area contributed by atoms with E-state index >= 15 is 0 Å². The maximum absolute atomic E-state index is 12.8. The van der Waals surface area contributed by atoms with E-state index in [0.29, 0.717) is 19.8 Å². The summed E-state index contributed by atoms with van der Waals surface area (Å²) in [5.41, 5.74) is -10.1. The van der Waals surface area contributed by atoms with E-state index in [2.05, 4.69) is 18.6 Å². The number of rotatable bonds is 8. The molecule has 0 radical (unpaired) electrons. The normalized spacial score (nSPS) is 24.5. The van der Waals surface area contributed by atoms with Crippen LogP contribution >= 0.6 is 0 Å². The number of halogens is 6. The Bertz CT molecular complexity index is 832. The molecule has 2 saturated carbocycles. The Balaban J connectivity index is 0.000000386. The summed E-state index contributed by atoms with van der Waals surface area (Å²) < 4.78 is 87.0. The molecule has 2 aliphatic rings. The molecule has 2 rings (SSSR count). The van der Waals surface area contributed by atoms with E-state index < -0.39 is 34.9 Å². The van der Waals surface area contributed by atoms with Crippen molar-refractivity contribution in [3.8, 4) is 0 Å². The van der Waals surface area contributed by atoms with Gasteiger partial charge in [-0.3, -0.25) is 9.59 Å². The summed E-state index contributed by atoms with van der Waals surface area (Å²) in [5.74, 6) is 0.197. The first-order valence-electron chi connectivity index (χ1n) is 13.2. The van der Waals surface area contributed by atoms with Gasteiger partial charge >= 0.3 is 24.3 Å². The van der Waals surface area contributed by atoms with Crippen molar-refractivity contribution >= 4 is 11.9 Å². The Morgan fingerprint density at radius 2 is 1.26 bits per heavy atom. The SMILES string of the molecule is CCC(C)(C)C(=O)OC(C)(C)C(O)(C(F)(F)F)C(F)(F)F.CCC(C)(C)C(=O)OC1(CC)CC2CCC1C2. The molecule has 2 aliphatic carbocycles. The number of hydrogen-bond acceptors (Lipinski definition) is 5. The molecule has 224 valence electrons. The highest BCUT2D eigenvalue weighted by molar-refractivity contribution is 5.76. The van der Waals surface area contributed by atoms with Crippen molar-refractivity contribution in [2.75, 3.05) is 0 Å². The van der Waals surface area contributed by atoms with Gasteiger partial charge in [-0.2, -0.15) is 26.3 Å². The molecule has 3 atom stereocenters. The molecule has 0 aromatic carbocycles. The number of carbonyl (C=O) groups is 2. The summed E-state index contributed by atoms with van der Waals surface area (Å²) in [7, 11) is 0. The predicted octanol–water partition coefficient (Wildman–Crippen LogP) is 7.53. The summed E-state index contributed by atoms with van der Waals surface area (Å²) >= 11 is 0. The van der Waals surface area contributed by atoms with Gasteiger partial charge in [0.2, 0.25) is 0 Å². The van der Waals surface area contributed by atoms with Gasteiger partial charge in [0.15, 0.2) is 5.60 Å². The second-order valence-electron chi connectivity index (χ2n) is 12.5. The van der Waals surface area contributed by atoms with Crippen LogP contribution in [0.25, 0.3) is 0 Å². The molecule has 0 heterocycles. The molecule has 2 fully saturated rings. The fourth-order valence-electron chi connectivity index (χ4n) is 4.92. The minimum Gasteiger partial charge on any atom is -0.458 e. The van der Waals surface area contributed by atoms with E-state index in [1.54, 1.807) is 0 Å². The Kier molecular flexibility index (Phi) is 10.1. The smallest absolute Gasteiger partial charge is 0.430 e. The molecule has 0 aromatic rings. The van der Waals surface area contributed by atoms with E-state index in [0.717, 1.165) is 25.2 Å². The molecule has 1 N–H and O–H groups in total. The third-order valence-corrected chi connectivity index (χ3v) is 8.73. The zero-order valence-electron chi connectivity index (χ0n) is 24.0. The van der Waals surface area contributed by atoms with Gasteiger partial charge in [0.1, 0.15) is 5.60 Å². The fourth-order valence-corrected chi connectivity index (χ4v) is 4.92. The first-order chi connectivity index (χ1) is 16.9. The third kappa shape index (κ3) is 6.61. The predicted molar refractivity (Wildman–Crippen MR) is 130 cm³/mol. The van der Waals surface area contributed by atoms with Crippen molar-refractivity contribution < 1.29 is 50.5 Å². The van der Waals surface area contributed by atoms with Crippen LogP contribution < -0.4 is 0 Å². The van der Waals surface area contributed by atoms with Crippen molar-refractivity contribution in [1.82, 2.24) is 0 Å². The molecule has 3 unspecified atom stereocenters. The lowest BCUT2D eigenvalue weighted by molar-refractivity contribution is -0.408. The van der Waals surface area contributed by atoms with Crippen molar-refractivity contribution in [1.29, 1.82) is 0 Å². The van der Waals surface area contributed by atoms with Crippen LogP contribution in [0.3, 0.4) is 0 Å². The number of alkyl halides is 6. The van der Waals surface area contributed by atoms with Crippen molar-refractivity contribution in [2.24, 2.45) is 22.7 Å². The number of esters is 2. The van der Waals surface area contributed by atoms with Gasteiger partial charge in [0.05, 0.1) is 10.8 Å². The molecule has 0 spiro atoms.